The standard InChI is InChI=1S/C40H24N2.C24H23N/c1-3-31-24-41-22-20-33(31)34(5-1)35-16-11-28-12-17-36-32(15-10-27-13-18-37(35)40(28)39(27)36)26-8-6-25(7-9-26)29-14-19-38-30(23-29)4-2-21-42-38;1-5-10-18-13-14-23(20(6-2)17(18)4)21(7-3)24-16-25-15-19-11-8-9-12-22(19)24/h1-24H;5,7-16H,1,4,6H2,2-3H3/b;18-10-,21-7+. The minimum Gasteiger partial charge on any atom is -0.264 e. The van der Waals surface area contributed by atoms with Gasteiger partial charge in [-0.2, -0.15) is 0 Å². The van der Waals surface area contributed by atoms with E-state index in [1.165, 1.54) is 93.2 Å². The molecule has 0 unspecified atom stereocenters. The third-order valence-electron chi connectivity index (χ3n) is 13.4. The monoisotopic (exact) mass is 857 g/mol. The van der Waals surface area contributed by atoms with Crippen molar-refractivity contribution in [3.8, 4) is 33.4 Å². The van der Waals surface area contributed by atoms with Gasteiger partial charge < -0.3 is 0 Å². The number of aromatic nitrogens is 3. The van der Waals surface area contributed by atoms with Crippen molar-refractivity contribution in [3.05, 3.63) is 241 Å². The fourth-order valence-electron chi connectivity index (χ4n) is 10.2. The van der Waals surface area contributed by atoms with Gasteiger partial charge in [-0.25, -0.2) is 0 Å². The number of pyridine rings is 3. The van der Waals surface area contributed by atoms with Gasteiger partial charge >= 0.3 is 0 Å². The maximum Gasteiger partial charge on any atom is 0.0702 e. The summed E-state index contributed by atoms with van der Waals surface area (Å²) in [5.74, 6) is 0. The Morgan fingerprint density at radius 1 is 0.507 bits per heavy atom. The van der Waals surface area contributed by atoms with Gasteiger partial charge in [0.2, 0.25) is 0 Å². The summed E-state index contributed by atoms with van der Waals surface area (Å²) in [5.41, 5.74) is 13.3. The van der Waals surface area contributed by atoms with Crippen LogP contribution in [0.25, 0.3) is 116 Å². The van der Waals surface area contributed by atoms with Crippen LogP contribution in [0.15, 0.2) is 214 Å². The van der Waals surface area contributed by atoms with E-state index in [0.29, 0.717) is 0 Å². The van der Waals surface area contributed by atoms with Gasteiger partial charge in [-0.15, -0.1) is 0 Å². The zero-order chi connectivity index (χ0) is 45.4. The van der Waals surface area contributed by atoms with Crippen LogP contribution in [0.1, 0.15) is 30.5 Å². The molecule has 0 saturated heterocycles. The lowest BCUT2D eigenvalue weighted by atomic mass is 9.86. The van der Waals surface area contributed by atoms with Gasteiger partial charge in [-0.3, -0.25) is 15.0 Å². The Kier molecular flexibility index (Phi) is 10.7. The highest BCUT2D eigenvalue weighted by molar-refractivity contribution is 6.28. The Balaban J connectivity index is 0.000000170. The maximum absolute atomic E-state index is 4.47. The van der Waals surface area contributed by atoms with Crippen LogP contribution in [-0.2, 0) is 6.42 Å². The van der Waals surface area contributed by atoms with E-state index in [0.717, 1.165) is 44.1 Å². The summed E-state index contributed by atoms with van der Waals surface area (Å²) in [6.45, 7) is 12.4. The Labute approximate surface area is 390 Å². The Morgan fingerprint density at radius 2 is 1.18 bits per heavy atom. The second-order valence-electron chi connectivity index (χ2n) is 17.1. The molecule has 0 amide bonds. The first-order chi connectivity index (χ1) is 33.0. The molecule has 3 aromatic heterocycles. The third kappa shape index (κ3) is 7.32. The summed E-state index contributed by atoms with van der Waals surface area (Å²) in [5, 5.41) is 15.9. The van der Waals surface area contributed by atoms with Crippen LogP contribution in [0.2, 0.25) is 0 Å². The molecule has 318 valence electrons. The van der Waals surface area contributed by atoms with Crippen molar-refractivity contribution in [2.75, 3.05) is 0 Å². The molecule has 3 heterocycles. The van der Waals surface area contributed by atoms with Crippen molar-refractivity contribution in [2.45, 2.75) is 20.3 Å². The lowest BCUT2D eigenvalue weighted by Gasteiger charge is -2.17. The number of benzene rings is 9. The molecular weight excluding hydrogens is 811 g/mol. The van der Waals surface area contributed by atoms with E-state index in [1.54, 1.807) is 0 Å². The van der Waals surface area contributed by atoms with E-state index in [2.05, 4.69) is 206 Å². The summed E-state index contributed by atoms with van der Waals surface area (Å²) >= 11 is 0. The van der Waals surface area contributed by atoms with Gasteiger partial charge in [-0.05, 0) is 141 Å². The SMILES string of the molecule is C=C/C=c1/ccc(/C(=C\C)c2cncc3ccccc23)c(CC)c1=C.c1cnc2ccc(-c3ccc(-c4ccc5ccc6c(-c7cccc8cnccc78)ccc7ccc4c5c76)cc3)cc2c1. The van der Waals surface area contributed by atoms with Crippen molar-refractivity contribution in [3.63, 3.8) is 0 Å². The lowest BCUT2D eigenvalue weighted by Crippen LogP contribution is -2.28. The normalized spacial score (nSPS) is 12.1. The topological polar surface area (TPSA) is 38.7 Å². The van der Waals surface area contributed by atoms with Gasteiger partial charge in [0.25, 0.3) is 0 Å². The highest BCUT2D eigenvalue weighted by Crippen LogP contribution is 2.43. The lowest BCUT2D eigenvalue weighted by molar-refractivity contribution is 1.10. The molecular formula is C64H47N3. The molecule has 0 radical (unpaired) electrons. The minimum atomic E-state index is 0.933. The number of fused-ring (bicyclic) bond motifs is 3. The molecule has 0 saturated carbocycles. The van der Waals surface area contributed by atoms with E-state index in [4.69, 9.17) is 0 Å². The number of rotatable bonds is 7. The molecule has 0 N–H and O–H groups in total. The highest BCUT2D eigenvalue weighted by atomic mass is 14.6. The van der Waals surface area contributed by atoms with Crippen LogP contribution in [0.5, 0.6) is 0 Å². The van der Waals surface area contributed by atoms with E-state index in [9.17, 15) is 0 Å². The van der Waals surface area contributed by atoms with Crippen LogP contribution in [-0.4, -0.2) is 15.0 Å². The van der Waals surface area contributed by atoms with Crippen LogP contribution < -0.4 is 10.4 Å². The average molecular weight is 858 g/mol. The molecule has 3 heteroatoms. The predicted molar refractivity (Wildman–Crippen MR) is 287 cm³/mol. The molecule has 12 rings (SSSR count). The average Bonchev–Trinajstić information content (AvgIpc) is 3.39. The largest absolute Gasteiger partial charge is 0.264 e. The summed E-state index contributed by atoms with van der Waals surface area (Å²) in [6, 6.07) is 59.2. The van der Waals surface area contributed by atoms with Gasteiger partial charge in [0, 0.05) is 52.7 Å². The second-order valence-corrected chi connectivity index (χ2v) is 17.1. The van der Waals surface area contributed by atoms with Crippen molar-refractivity contribution in [2.24, 2.45) is 0 Å². The number of hydrogen-bond donors (Lipinski definition) is 0. The number of allylic oxidation sites excluding steroid dienone is 2. The first-order valence-corrected chi connectivity index (χ1v) is 23.0. The molecule has 0 spiro atoms. The van der Waals surface area contributed by atoms with Gasteiger partial charge in [0.15, 0.2) is 0 Å². The molecule has 12 aromatic rings. The first kappa shape index (κ1) is 41.2. The summed E-state index contributed by atoms with van der Waals surface area (Å²) in [7, 11) is 0. The molecule has 0 aliphatic carbocycles. The molecule has 0 aliphatic rings. The van der Waals surface area contributed by atoms with E-state index in [1.807, 2.05) is 49.2 Å². The van der Waals surface area contributed by atoms with E-state index in [-0.39, 0.29) is 0 Å². The Hall–Kier alpha value is -8.53. The van der Waals surface area contributed by atoms with Crippen molar-refractivity contribution in [1.82, 2.24) is 15.0 Å². The molecule has 3 nitrogen and oxygen atoms in total. The number of nitrogens with zero attached hydrogens (tertiary/aromatic N) is 3. The van der Waals surface area contributed by atoms with E-state index < -0.39 is 0 Å². The molecule has 0 aliphatic heterocycles. The number of hydrogen-bond acceptors (Lipinski definition) is 3. The van der Waals surface area contributed by atoms with Crippen LogP contribution >= 0.6 is 0 Å². The quantitative estimate of drug-likeness (QED) is 0.150. The molecule has 0 bridgehead atoms. The first-order valence-electron chi connectivity index (χ1n) is 23.0. The van der Waals surface area contributed by atoms with Gasteiger partial charge in [0.1, 0.15) is 0 Å². The molecule has 9 aromatic carbocycles. The zero-order valence-electron chi connectivity index (χ0n) is 37.7. The summed E-state index contributed by atoms with van der Waals surface area (Å²) < 4.78 is 0. The Morgan fingerprint density at radius 3 is 1.97 bits per heavy atom. The molecule has 0 fully saturated rings. The zero-order valence-corrected chi connectivity index (χ0v) is 37.7. The fourth-order valence-corrected chi connectivity index (χ4v) is 10.2. The second kappa shape index (κ2) is 17.5. The van der Waals surface area contributed by atoms with Gasteiger partial charge in [0.05, 0.1) is 5.52 Å². The molecule has 0 atom stereocenters. The van der Waals surface area contributed by atoms with Crippen LogP contribution in [0.3, 0.4) is 0 Å². The fraction of sp³-hybridized carbons (Fsp3) is 0.0469. The summed E-state index contributed by atoms with van der Waals surface area (Å²) in [6.07, 6.45) is 16.5. The van der Waals surface area contributed by atoms with Crippen molar-refractivity contribution in [1.29, 1.82) is 0 Å². The van der Waals surface area contributed by atoms with Gasteiger partial charge in [-0.1, -0.05) is 178 Å². The summed E-state index contributed by atoms with van der Waals surface area (Å²) in [4.78, 5) is 13.3. The van der Waals surface area contributed by atoms with Crippen LogP contribution in [0.4, 0.5) is 0 Å². The smallest absolute Gasteiger partial charge is 0.0702 e. The maximum atomic E-state index is 4.47. The van der Waals surface area contributed by atoms with Crippen molar-refractivity contribution >= 4 is 83.0 Å². The third-order valence-corrected chi connectivity index (χ3v) is 13.4. The highest BCUT2D eigenvalue weighted by Gasteiger charge is 2.17. The van der Waals surface area contributed by atoms with Crippen molar-refractivity contribution < 1.29 is 0 Å². The van der Waals surface area contributed by atoms with Crippen LogP contribution in [0, 0.1) is 0 Å². The minimum absolute atomic E-state index is 0.933. The Bertz CT molecular complexity index is 4000. The van der Waals surface area contributed by atoms with E-state index >= 15 is 0 Å². The predicted octanol–water partition coefficient (Wildman–Crippen LogP) is 15.3. The molecule has 67 heavy (non-hydrogen) atoms.